The number of nitrogens with one attached hydrogen (secondary N) is 2. The third kappa shape index (κ3) is 2.50. The van der Waals surface area contributed by atoms with E-state index in [0.717, 1.165) is 18.6 Å². The number of ether oxygens (including phenoxy) is 1. The fourth-order valence-electron chi connectivity index (χ4n) is 4.67. The van der Waals surface area contributed by atoms with E-state index in [1.807, 2.05) is 12.1 Å². The molecule has 6 heteroatoms. The van der Waals surface area contributed by atoms with E-state index < -0.39 is 6.10 Å². The molecule has 4 rings (SSSR count). The second-order valence-electron chi connectivity index (χ2n) is 8.38. The Morgan fingerprint density at radius 2 is 2.12 bits per heavy atom. The summed E-state index contributed by atoms with van der Waals surface area (Å²) in [4.78, 5) is 24.5. The first-order chi connectivity index (χ1) is 12.3. The molecule has 1 aromatic carbocycles. The molecule has 2 aliphatic carbocycles. The zero-order valence-electron chi connectivity index (χ0n) is 15.5. The van der Waals surface area contributed by atoms with Gasteiger partial charge in [-0.2, -0.15) is 5.10 Å². The van der Waals surface area contributed by atoms with Crippen LogP contribution in [0.2, 0.25) is 0 Å². The minimum absolute atomic E-state index is 0.0442. The van der Waals surface area contributed by atoms with E-state index in [4.69, 9.17) is 4.74 Å². The van der Waals surface area contributed by atoms with Crippen LogP contribution in [0.25, 0.3) is 0 Å². The van der Waals surface area contributed by atoms with Gasteiger partial charge < -0.3 is 10.1 Å². The fraction of sp³-hybridized carbons (Fsp3) is 0.550. The molecule has 6 nitrogen and oxygen atoms in total. The van der Waals surface area contributed by atoms with E-state index in [1.165, 1.54) is 6.42 Å². The van der Waals surface area contributed by atoms with E-state index >= 15 is 0 Å². The maximum Gasteiger partial charge on any atom is 0.266 e. The van der Waals surface area contributed by atoms with Gasteiger partial charge in [0.2, 0.25) is 5.91 Å². The third-order valence-electron chi connectivity index (χ3n) is 6.91. The molecule has 1 aromatic rings. The Labute approximate surface area is 153 Å². The first kappa shape index (κ1) is 17.1. The summed E-state index contributed by atoms with van der Waals surface area (Å²) in [5.41, 5.74) is 4.62. The number of para-hydroxylation sites is 2. The summed E-state index contributed by atoms with van der Waals surface area (Å²) in [5.74, 6) is 0.603. The van der Waals surface area contributed by atoms with Crippen LogP contribution < -0.4 is 15.5 Å². The van der Waals surface area contributed by atoms with Crippen molar-refractivity contribution in [1.82, 2.24) is 5.43 Å². The molecule has 2 amide bonds. The van der Waals surface area contributed by atoms with Gasteiger partial charge in [-0.25, -0.2) is 5.43 Å². The zero-order chi connectivity index (χ0) is 18.5. The van der Waals surface area contributed by atoms with Crippen LogP contribution in [-0.2, 0) is 9.59 Å². The maximum atomic E-state index is 12.3. The highest BCUT2D eigenvalue weighted by Crippen LogP contribution is 2.63. The average Bonchev–Trinajstić information content (AvgIpc) is 2.94. The molecule has 26 heavy (non-hydrogen) atoms. The third-order valence-corrected chi connectivity index (χ3v) is 6.91. The number of rotatable bonds is 3. The molecule has 1 heterocycles. The van der Waals surface area contributed by atoms with Crippen LogP contribution in [0, 0.1) is 16.7 Å². The molecule has 2 fully saturated rings. The van der Waals surface area contributed by atoms with Gasteiger partial charge >= 0.3 is 0 Å². The number of benzene rings is 1. The Morgan fingerprint density at radius 3 is 2.81 bits per heavy atom. The number of anilines is 1. The Morgan fingerprint density at radius 1 is 1.35 bits per heavy atom. The lowest BCUT2D eigenvalue weighted by molar-refractivity contribution is -0.130. The van der Waals surface area contributed by atoms with Crippen molar-refractivity contribution in [2.45, 2.75) is 52.6 Å². The molecule has 2 N–H and O–H groups in total. The summed E-state index contributed by atoms with van der Waals surface area (Å²) in [7, 11) is 0. The number of hydrogen-bond donors (Lipinski definition) is 2. The van der Waals surface area contributed by atoms with Gasteiger partial charge in [-0.05, 0) is 42.7 Å². The monoisotopic (exact) mass is 355 g/mol. The van der Waals surface area contributed by atoms with Gasteiger partial charge in [0.1, 0.15) is 5.75 Å². The maximum absolute atomic E-state index is 12.3. The summed E-state index contributed by atoms with van der Waals surface area (Å²) < 4.78 is 5.67. The molecule has 0 radical (unpaired) electrons. The fourth-order valence-corrected chi connectivity index (χ4v) is 4.67. The molecule has 1 aliphatic heterocycles. The van der Waals surface area contributed by atoms with Crippen LogP contribution in [0.3, 0.4) is 0 Å². The van der Waals surface area contributed by atoms with Crippen molar-refractivity contribution in [2.24, 2.45) is 21.8 Å². The number of fused-ring (bicyclic) bond motifs is 3. The smallest absolute Gasteiger partial charge is 0.266 e. The van der Waals surface area contributed by atoms with E-state index in [1.54, 1.807) is 12.1 Å². The molecule has 3 aliphatic rings. The average molecular weight is 355 g/mol. The molecule has 0 spiro atoms. The lowest BCUT2D eigenvalue weighted by Gasteiger charge is -2.34. The van der Waals surface area contributed by atoms with Gasteiger partial charge in [0.05, 0.1) is 12.1 Å². The van der Waals surface area contributed by atoms with E-state index in [-0.39, 0.29) is 29.1 Å². The zero-order valence-corrected chi connectivity index (χ0v) is 15.5. The topological polar surface area (TPSA) is 79.8 Å². The van der Waals surface area contributed by atoms with Crippen LogP contribution in [0.1, 0.15) is 46.5 Å². The Bertz CT molecular complexity index is 801. The van der Waals surface area contributed by atoms with Crippen LogP contribution in [-0.4, -0.2) is 23.6 Å². The molecule has 138 valence electrons. The first-order valence-electron chi connectivity index (χ1n) is 9.24. The van der Waals surface area contributed by atoms with E-state index in [9.17, 15) is 9.59 Å². The number of hydrazone groups is 1. The summed E-state index contributed by atoms with van der Waals surface area (Å²) in [6.45, 7) is 6.85. The van der Waals surface area contributed by atoms with Gasteiger partial charge in [-0.1, -0.05) is 32.9 Å². The number of carbonyl (C=O) groups is 2. The van der Waals surface area contributed by atoms with Crippen molar-refractivity contribution in [2.75, 3.05) is 5.32 Å². The number of amides is 2. The molecule has 0 saturated heterocycles. The van der Waals surface area contributed by atoms with Gasteiger partial charge in [-0.3, -0.25) is 9.59 Å². The van der Waals surface area contributed by atoms with Crippen molar-refractivity contribution in [3.05, 3.63) is 24.3 Å². The number of hydrogen-bond acceptors (Lipinski definition) is 4. The van der Waals surface area contributed by atoms with E-state index in [0.29, 0.717) is 17.4 Å². The lowest BCUT2D eigenvalue weighted by atomic mass is 9.70. The second-order valence-corrected chi connectivity index (χ2v) is 8.38. The number of carbonyl (C=O) groups excluding carboxylic acids is 2. The van der Waals surface area contributed by atoms with Crippen LogP contribution in [0.5, 0.6) is 5.75 Å². The van der Waals surface area contributed by atoms with Gasteiger partial charge in [-0.15, -0.1) is 0 Å². The summed E-state index contributed by atoms with van der Waals surface area (Å²) in [6.07, 6.45) is 2.39. The predicted molar refractivity (Wildman–Crippen MR) is 98.9 cm³/mol. The largest absolute Gasteiger partial charge is 0.478 e. The molecule has 0 aromatic heterocycles. The van der Waals surface area contributed by atoms with Crippen LogP contribution in [0.15, 0.2) is 29.4 Å². The SMILES string of the molecule is CC1(C)[C@@H]2CC[C@]1(C)/C(=N/NC(=O)C[C@H]1Oc3ccccc3NC1=O)C2. The van der Waals surface area contributed by atoms with Gasteiger partial charge in [0.15, 0.2) is 6.10 Å². The summed E-state index contributed by atoms with van der Waals surface area (Å²) in [6, 6.07) is 7.20. The molecule has 0 unspecified atom stereocenters. The predicted octanol–water partition coefficient (Wildman–Crippen LogP) is 3.09. The van der Waals surface area contributed by atoms with Crippen LogP contribution >= 0.6 is 0 Å². The van der Waals surface area contributed by atoms with Crippen molar-refractivity contribution in [1.29, 1.82) is 0 Å². The van der Waals surface area contributed by atoms with Crippen molar-refractivity contribution in [3.8, 4) is 5.75 Å². The quantitative estimate of drug-likeness (QED) is 0.818. The number of nitrogens with zero attached hydrogens (tertiary/aromatic N) is 1. The van der Waals surface area contributed by atoms with Crippen molar-refractivity contribution < 1.29 is 14.3 Å². The normalized spacial score (nSPS) is 32.7. The molecule has 2 bridgehead atoms. The molecule has 3 atom stereocenters. The van der Waals surface area contributed by atoms with Gasteiger partial charge in [0.25, 0.3) is 5.91 Å². The second kappa shape index (κ2) is 5.83. The minimum Gasteiger partial charge on any atom is -0.478 e. The highest BCUT2D eigenvalue weighted by molar-refractivity contribution is 6.00. The lowest BCUT2D eigenvalue weighted by Crippen LogP contribution is -2.40. The standard InChI is InChI=1S/C20H25N3O3/c1-19(2)12-8-9-20(19,3)16(10-12)22-23-17(24)11-15-18(25)21-13-6-4-5-7-14(13)26-15/h4-7,12,15H,8-11H2,1-3H3,(H,21,25)(H,23,24)/b22-16+/t12-,15-,20-/m1/s1. The molecule has 2 saturated carbocycles. The van der Waals surface area contributed by atoms with Crippen molar-refractivity contribution >= 4 is 23.2 Å². The summed E-state index contributed by atoms with van der Waals surface area (Å²) in [5, 5.41) is 7.21. The minimum atomic E-state index is -0.836. The Hall–Kier alpha value is -2.37. The van der Waals surface area contributed by atoms with Gasteiger partial charge in [0, 0.05) is 11.1 Å². The molecular weight excluding hydrogens is 330 g/mol. The van der Waals surface area contributed by atoms with Crippen molar-refractivity contribution in [3.63, 3.8) is 0 Å². The summed E-state index contributed by atoms with van der Waals surface area (Å²) >= 11 is 0. The van der Waals surface area contributed by atoms with E-state index in [2.05, 4.69) is 36.6 Å². The highest BCUT2D eigenvalue weighted by Gasteiger charge is 2.60. The Kier molecular flexibility index (Phi) is 3.82. The Balaban J connectivity index is 1.40. The molecular formula is C20H25N3O3. The first-order valence-corrected chi connectivity index (χ1v) is 9.24. The highest BCUT2D eigenvalue weighted by atomic mass is 16.5. The van der Waals surface area contributed by atoms with Crippen LogP contribution in [0.4, 0.5) is 5.69 Å².